The van der Waals surface area contributed by atoms with Crippen molar-refractivity contribution in [3.05, 3.63) is 65.1 Å². The number of rotatable bonds is 4. The molecule has 4 rings (SSSR count). The van der Waals surface area contributed by atoms with Crippen LogP contribution in [0.15, 0.2) is 48.0 Å². The van der Waals surface area contributed by atoms with E-state index in [-0.39, 0.29) is 21.4 Å². The lowest BCUT2D eigenvalue weighted by molar-refractivity contribution is 0.385. The number of hydrogen-bond donors (Lipinski definition) is 2. The van der Waals surface area contributed by atoms with Crippen LogP contribution in [0.2, 0.25) is 5.02 Å². The van der Waals surface area contributed by atoms with Crippen molar-refractivity contribution in [2.24, 2.45) is 0 Å². The molecule has 0 saturated heterocycles. The van der Waals surface area contributed by atoms with Crippen LogP contribution in [-0.4, -0.2) is 40.7 Å². The monoisotopic (exact) mass is 458 g/mol. The molecule has 0 saturated carbocycles. The first kappa shape index (κ1) is 20.5. The van der Waals surface area contributed by atoms with E-state index in [1.807, 2.05) is 0 Å². The third-order valence-corrected chi connectivity index (χ3v) is 5.63. The summed E-state index contributed by atoms with van der Waals surface area (Å²) in [5, 5.41) is 7.47. The van der Waals surface area contributed by atoms with Gasteiger partial charge in [0.1, 0.15) is 0 Å². The van der Waals surface area contributed by atoms with E-state index in [2.05, 4.69) is 41.7 Å². The number of H-pyrrole nitrogens is 1. The second-order valence-corrected chi connectivity index (χ2v) is 8.14. The Balaban J connectivity index is 1.69. The van der Waals surface area contributed by atoms with Crippen LogP contribution < -0.4 is 9.46 Å². The highest BCUT2D eigenvalue weighted by molar-refractivity contribution is 7.92. The molecule has 0 atom stereocenters. The Morgan fingerprint density at radius 2 is 1.97 bits per heavy atom. The Morgan fingerprint density at radius 1 is 1.16 bits per heavy atom. The number of nitrogens with zero attached hydrogens (tertiary/aromatic N) is 4. The third kappa shape index (κ3) is 4.11. The maximum atomic E-state index is 14.9. The summed E-state index contributed by atoms with van der Waals surface area (Å²) < 4.78 is 47.5. The van der Waals surface area contributed by atoms with Gasteiger partial charge in [0.05, 0.1) is 41.2 Å². The molecule has 0 spiro atoms. The predicted molar refractivity (Wildman–Crippen MR) is 111 cm³/mol. The zero-order chi connectivity index (χ0) is 22.0. The van der Waals surface area contributed by atoms with Crippen LogP contribution >= 0.6 is 11.6 Å². The number of anilines is 1. The van der Waals surface area contributed by atoms with Gasteiger partial charge in [-0.15, -0.1) is 0 Å². The molecule has 2 N–H and O–H groups in total. The van der Waals surface area contributed by atoms with Gasteiger partial charge in [0.15, 0.2) is 16.5 Å². The summed E-state index contributed by atoms with van der Waals surface area (Å²) in [5.41, 5.74) is 1.14. The number of halogens is 2. The fourth-order valence-corrected chi connectivity index (χ4v) is 4.02. The van der Waals surface area contributed by atoms with Crippen LogP contribution in [0.5, 0.6) is 5.88 Å². The molecule has 0 bridgehead atoms. The standard InChI is InChI=1S/C19H12ClFN6O3S/c1-30-19-16(6-13(20)8-24-19)31(28,29)27-18-17(21)11(4-5-23-18)2-3-12-7-22-10-15-14(12)9-25-26-15/h4-10H,1H3,(H,23,27)(H,25,26). The number of sulfonamides is 1. The molecule has 4 aromatic rings. The van der Waals surface area contributed by atoms with Crippen LogP contribution in [0.25, 0.3) is 10.9 Å². The van der Waals surface area contributed by atoms with E-state index in [0.717, 1.165) is 11.5 Å². The fraction of sp³-hybridized carbons (Fsp3) is 0.0526. The molecule has 4 aromatic heterocycles. The minimum Gasteiger partial charge on any atom is -0.480 e. The second-order valence-electron chi connectivity index (χ2n) is 6.06. The van der Waals surface area contributed by atoms with Gasteiger partial charge in [0, 0.05) is 24.0 Å². The van der Waals surface area contributed by atoms with E-state index < -0.39 is 21.7 Å². The topological polar surface area (TPSA) is 123 Å². The summed E-state index contributed by atoms with van der Waals surface area (Å²) in [6.07, 6.45) is 7.15. The number of hydrogen-bond acceptors (Lipinski definition) is 7. The molecule has 0 aromatic carbocycles. The smallest absolute Gasteiger partial charge is 0.268 e. The highest BCUT2D eigenvalue weighted by Gasteiger charge is 2.24. The average molecular weight is 459 g/mol. The first-order valence-electron chi connectivity index (χ1n) is 8.55. The zero-order valence-electron chi connectivity index (χ0n) is 15.7. The van der Waals surface area contributed by atoms with Gasteiger partial charge >= 0.3 is 0 Å². The molecule has 0 aliphatic heterocycles. The summed E-state index contributed by atoms with van der Waals surface area (Å²) in [5.74, 6) is 3.80. The molecule has 0 unspecified atom stereocenters. The zero-order valence-corrected chi connectivity index (χ0v) is 17.3. The Bertz CT molecular complexity index is 1460. The first-order chi connectivity index (χ1) is 14.9. The number of nitrogens with one attached hydrogen (secondary N) is 2. The summed E-state index contributed by atoms with van der Waals surface area (Å²) in [6.45, 7) is 0. The van der Waals surface area contributed by atoms with Gasteiger partial charge in [0.2, 0.25) is 5.88 Å². The molecule has 12 heteroatoms. The Labute approximate surface area is 180 Å². The minimum absolute atomic E-state index is 0.0654. The lowest BCUT2D eigenvalue weighted by atomic mass is 10.2. The van der Waals surface area contributed by atoms with Gasteiger partial charge in [-0.1, -0.05) is 23.4 Å². The summed E-state index contributed by atoms with van der Waals surface area (Å²) >= 11 is 5.84. The molecule has 4 heterocycles. The van der Waals surface area contributed by atoms with Crippen LogP contribution in [0, 0.1) is 17.7 Å². The molecule has 0 aliphatic carbocycles. The first-order valence-corrected chi connectivity index (χ1v) is 10.4. The number of methoxy groups -OCH3 is 1. The summed E-state index contributed by atoms with van der Waals surface area (Å²) in [6, 6.07) is 2.46. The number of aromatic amines is 1. The van der Waals surface area contributed by atoms with Gasteiger partial charge < -0.3 is 4.74 Å². The van der Waals surface area contributed by atoms with E-state index >= 15 is 0 Å². The molecular weight excluding hydrogens is 447 g/mol. The highest BCUT2D eigenvalue weighted by Crippen LogP contribution is 2.27. The van der Waals surface area contributed by atoms with Crippen LogP contribution in [0.1, 0.15) is 11.1 Å². The third-order valence-electron chi connectivity index (χ3n) is 4.09. The molecule has 31 heavy (non-hydrogen) atoms. The van der Waals surface area contributed by atoms with E-state index in [0.29, 0.717) is 11.1 Å². The van der Waals surface area contributed by atoms with Crippen molar-refractivity contribution >= 4 is 38.3 Å². The molecule has 0 fully saturated rings. The lowest BCUT2D eigenvalue weighted by Gasteiger charge is -2.11. The SMILES string of the molecule is COc1ncc(Cl)cc1S(=O)(=O)Nc1nccc(C#Cc2cncc3[nH]ncc23)c1F. The number of pyridine rings is 3. The highest BCUT2D eigenvalue weighted by atomic mass is 35.5. The van der Waals surface area contributed by atoms with E-state index in [1.54, 1.807) is 12.4 Å². The maximum Gasteiger partial charge on any atom is 0.268 e. The summed E-state index contributed by atoms with van der Waals surface area (Å²) in [4.78, 5) is 11.3. The summed E-state index contributed by atoms with van der Waals surface area (Å²) in [7, 11) is -3.05. The van der Waals surface area contributed by atoms with Gasteiger partial charge in [0.25, 0.3) is 10.0 Å². The minimum atomic E-state index is -4.30. The predicted octanol–water partition coefficient (Wildman–Crippen LogP) is 2.75. The quantitative estimate of drug-likeness (QED) is 0.451. The van der Waals surface area contributed by atoms with Gasteiger partial charge in [-0.05, 0) is 12.1 Å². The van der Waals surface area contributed by atoms with Crippen LogP contribution in [-0.2, 0) is 10.0 Å². The van der Waals surface area contributed by atoms with Crippen molar-refractivity contribution in [3.63, 3.8) is 0 Å². The van der Waals surface area contributed by atoms with Crippen molar-refractivity contribution in [1.29, 1.82) is 0 Å². The maximum absolute atomic E-state index is 14.9. The molecule has 0 radical (unpaired) electrons. The van der Waals surface area contributed by atoms with Crippen molar-refractivity contribution in [3.8, 4) is 17.7 Å². The Kier molecular flexibility index (Phi) is 5.41. The molecule has 0 amide bonds. The average Bonchev–Trinajstić information content (AvgIpc) is 3.24. The van der Waals surface area contributed by atoms with E-state index in [1.165, 1.54) is 31.8 Å². The Hall–Kier alpha value is -3.75. The Morgan fingerprint density at radius 3 is 2.77 bits per heavy atom. The molecule has 9 nitrogen and oxygen atoms in total. The normalized spacial score (nSPS) is 11.1. The number of fused-ring (bicyclic) bond motifs is 1. The van der Waals surface area contributed by atoms with Gasteiger partial charge in [-0.2, -0.15) is 5.10 Å². The van der Waals surface area contributed by atoms with Crippen molar-refractivity contribution in [2.75, 3.05) is 11.8 Å². The van der Waals surface area contributed by atoms with Crippen molar-refractivity contribution < 1.29 is 17.5 Å². The van der Waals surface area contributed by atoms with Crippen molar-refractivity contribution in [2.45, 2.75) is 4.90 Å². The van der Waals surface area contributed by atoms with E-state index in [4.69, 9.17) is 16.3 Å². The van der Waals surface area contributed by atoms with Crippen LogP contribution in [0.4, 0.5) is 10.2 Å². The molecule has 156 valence electrons. The molecular formula is C19H12ClFN6O3S. The van der Waals surface area contributed by atoms with Gasteiger partial charge in [-0.25, -0.2) is 22.8 Å². The van der Waals surface area contributed by atoms with E-state index in [9.17, 15) is 12.8 Å². The second kappa shape index (κ2) is 8.17. The largest absolute Gasteiger partial charge is 0.480 e. The molecule has 0 aliphatic rings. The fourth-order valence-electron chi connectivity index (χ4n) is 2.65. The number of aromatic nitrogens is 5. The van der Waals surface area contributed by atoms with Gasteiger partial charge in [-0.3, -0.25) is 14.8 Å². The number of ether oxygens (including phenoxy) is 1. The lowest BCUT2D eigenvalue weighted by Crippen LogP contribution is -2.17. The van der Waals surface area contributed by atoms with Crippen molar-refractivity contribution in [1.82, 2.24) is 25.1 Å². The van der Waals surface area contributed by atoms with Crippen LogP contribution in [0.3, 0.4) is 0 Å².